The molecule has 1 aromatic carbocycles. The van der Waals surface area contributed by atoms with Crippen LogP contribution in [0.5, 0.6) is 5.75 Å². The van der Waals surface area contributed by atoms with Gasteiger partial charge >= 0.3 is 5.97 Å². The maximum Gasteiger partial charge on any atom is 0.326 e. The molecule has 0 radical (unpaired) electrons. The Hall–Kier alpha value is -2.89. The molecule has 26 heavy (non-hydrogen) atoms. The van der Waals surface area contributed by atoms with Crippen molar-refractivity contribution in [1.29, 1.82) is 0 Å². The second kappa shape index (κ2) is 7.56. The van der Waals surface area contributed by atoms with Crippen LogP contribution >= 0.6 is 0 Å². The topological polar surface area (TPSA) is 88.5 Å². The highest BCUT2D eigenvalue weighted by molar-refractivity contribution is 5.97. The average Bonchev–Trinajstić information content (AvgIpc) is 3.08. The number of benzene rings is 1. The lowest BCUT2D eigenvalue weighted by Gasteiger charge is -2.16. The van der Waals surface area contributed by atoms with E-state index in [4.69, 9.17) is 4.74 Å². The van der Waals surface area contributed by atoms with Crippen LogP contribution in [0.15, 0.2) is 36.7 Å². The van der Waals surface area contributed by atoms with Crippen LogP contribution < -0.4 is 10.1 Å². The number of rotatable bonds is 6. The zero-order chi connectivity index (χ0) is 18.7. The van der Waals surface area contributed by atoms with Crippen LogP contribution in [-0.4, -0.2) is 34.6 Å². The maximum absolute atomic E-state index is 12.5. The molecular weight excluding hydrogens is 332 g/mol. The standard InChI is InChI=1S/C20H22N2O4/c1-12(2)7-17(20(24)25)22-19(23)16-9-15(10-21-11-16)13-3-4-18-14(8-13)5-6-26-18/h3-4,8-12,17H,5-7H2,1-2H3,(H,22,23)(H,24,25)/t17-/m0/s1. The highest BCUT2D eigenvalue weighted by Crippen LogP contribution is 2.30. The zero-order valence-electron chi connectivity index (χ0n) is 14.9. The number of carbonyl (C=O) groups is 2. The van der Waals surface area contributed by atoms with Gasteiger partial charge in [-0.05, 0) is 41.7 Å². The van der Waals surface area contributed by atoms with E-state index in [-0.39, 0.29) is 5.92 Å². The number of aromatic nitrogens is 1. The summed E-state index contributed by atoms with van der Waals surface area (Å²) in [5.41, 5.74) is 3.24. The molecule has 2 aromatic rings. The van der Waals surface area contributed by atoms with Crippen molar-refractivity contribution in [2.45, 2.75) is 32.7 Å². The molecule has 136 valence electrons. The van der Waals surface area contributed by atoms with Gasteiger partial charge in [0.25, 0.3) is 5.91 Å². The van der Waals surface area contributed by atoms with Gasteiger partial charge in [0.2, 0.25) is 0 Å². The van der Waals surface area contributed by atoms with E-state index >= 15 is 0 Å². The first-order chi connectivity index (χ1) is 12.4. The Morgan fingerprint density at radius 3 is 2.77 bits per heavy atom. The number of ether oxygens (including phenoxy) is 1. The number of hydrogen-bond donors (Lipinski definition) is 2. The Balaban J connectivity index is 1.80. The fraction of sp³-hybridized carbons (Fsp3) is 0.350. The Morgan fingerprint density at radius 2 is 2.04 bits per heavy atom. The summed E-state index contributed by atoms with van der Waals surface area (Å²) in [5, 5.41) is 11.9. The van der Waals surface area contributed by atoms with Gasteiger partial charge in [-0.3, -0.25) is 9.78 Å². The number of carbonyl (C=O) groups excluding carboxylic acids is 1. The maximum atomic E-state index is 12.5. The second-order valence-electron chi connectivity index (χ2n) is 6.88. The minimum atomic E-state index is -1.03. The smallest absolute Gasteiger partial charge is 0.326 e. The van der Waals surface area contributed by atoms with Crippen LogP contribution in [0, 0.1) is 5.92 Å². The molecule has 2 heterocycles. The molecule has 0 saturated heterocycles. The van der Waals surface area contributed by atoms with Crippen molar-refractivity contribution in [2.75, 3.05) is 6.61 Å². The summed E-state index contributed by atoms with van der Waals surface area (Å²) in [4.78, 5) is 28.0. The monoisotopic (exact) mass is 354 g/mol. The molecule has 1 amide bonds. The lowest BCUT2D eigenvalue weighted by Crippen LogP contribution is -2.41. The molecule has 0 fully saturated rings. The molecule has 0 bridgehead atoms. The van der Waals surface area contributed by atoms with Crippen molar-refractivity contribution in [3.8, 4) is 16.9 Å². The third-order valence-corrected chi connectivity index (χ3v) is 4.33. The molecule has 0 unspecified atom stereocenters. The Bertz CT molecular complexity index is 832. The summed E-state index contributed by atoms with van der Waals surface area (Å²) < 4.78 is 5.51. The second-order valence-corrected chi connectivity index (χ2v) is 6.88. The number of carboxylic acids is 1. The van der Waals surface area contributed by atoms with Crippen LogP contribution in [0.25, 0.3) is 11.1 Å². The van der Waals surface area contributed by atoms with Gasteiger partial charge in [-0.2, -0.15) is 0 Å². The fourth-order valence-electron chi connectivity index (χ4n) is 3.02. The third-order valence-electron chi connectivity index (χ3n) is 4.33. The first-order valence-corrected chi connectivity index (χ1v) is 8.69. The predicted molar refractivity (Wildman–Crippen MR) is 97.2 cm³/mol. The third kappa shape index (κ3) is 4.02. The molecule has 6 heteroatoms. The Labute approximate surface area is 152 Å². The van der Waals surface area contributed by atoms with E-state index in [0.717, 1.165) is 28.9 Å². The lowest BCUT2D eigenvalue weighted by atomic mass is 10.0. The number of carboxylic acid groups (broad SMARTS) is 1. The van der Waals surface area contributed by atoms with Crippen LogP contribution in [0.2, 0.25) is 0 Å². The quantitative estimate of drug-likeness (QED) is 0.833. The van der Waals surface area contributed by atoms with E-state index in [2.05, 4.69) is 10.3 Å². The number of hydrogen-bond acceptors (Lipinski definition) is 4. The van der Waals surface area contributed by atoms with E-state index in [9.17, 15) is 14.7 Å². The zero-order valence-corrected chi connectivity index (χ0v) is 14.9. The molecular formula is C20H22N2O4. The number of fused-ring (bicyclic) bond motifs is 1. The van der Waals surface area contributed by atoms with E-state index in [1.54, 1.807) is 12.3 Å². The minimum Gasteiger partial charge on any atom is -0.493 e. The summed E-state index contributed by atoms with van der Waals surface area (Å²) >= 11 is 0. The SMILES string of the molecule is CC(C)C[C@H](NC(=O)c1cncc(-c2ccc3c(c2)CCO3)c1)C(=O)O. The summed E-state index contributed by atoms with van der Waals surface area (Å²) in [6.07, 6.45) is 4.38. The minimum absolute atomic E-state index is 0.162. The van der Waals surface area contributed by atoms with Gasteiger partial charge in [0.15, 0.2) is 0 Å². The molecule has 0 spiro atoms. The van der Waals surface area contributed by atoms with Crippen molar-refractivity contribution in [3.63, 3.8) is 0 Å². The molecule has 6 nitrogen and oxygen atoms in total. The summed E-state index contributed by atoms with van der Waals surface area (Å²) in [6.45, 7) is 4.52. The van der Waals surface area contributed by atoms with E-state index in [1.807, 2.05) is 32.0 Å². The van der Waals surface area contributed by atoms with Crippen molar-refractivity contribution in [3.05, 3.63) is 47.8 Å². The van der Waals surface area contributed by atoms with Crippen LogP contribution in [0.4, 0.5) is 0 Å². The summed E-state index contributed by atoms with van der Waals surface area (Å²) in [7, 11) is 0. The number of nitrogens with zero attached hydrogens (tertiary/aromatic N) is 1. The largest absolute Gasteiger partial charge is 0.493 e. The summed E-state index contributed by atoms with van der Waals surface area (Å²) in [6, 6.07) is 6.71. The van der Waals surface area contributed by atoms with Crippen LogP contribution in [0.1, 0.15) is 36.2 Å². The highest BCUT2D eigenvalue weighted by Gasteiger charge is 2.22. The molecule has 0 saturated carbocycles. The van der Waals surface area contributed by atoms with E-state index in [0.29, 0.717) is 18.6 Å². The highest BCUT2D eigenvalue weighted by atomic mass is 16.5. The first-order valence-electron chi connectivity index (χ1n) is 8.69. The predicted octanol–water partition coefficient (Wildman–Crippen LogP) is 2.91. The molecule has 1 aromatic heterocycles. The first kappa shape index (κ1) is 17.9. The fourth-order valence-corrected chi connectivity index (χ4v) is 3.02. The normalized spacial score (nSPS) is 13.8. The lowest BCUT2D eigenvalue weighted by molar-refractivity contribution is -0.139. The molecule has 1 aliphatic heterocycles. The van der Waals surface area contributed by atoms with Crippen molar-refractivity contribution >= 4 is 11.9 Å². The molecule has 1 atom stereocenters. The van der Waals surface area contributed by atoms with Gasteiger partial charge < -0.3 is 15.2 Å². The molecule has 1 aliphatic rings. The van der Waals surface area contributed by atoms with Gasteiger partial charge in [-0.15, -0.1) is 0 Å². The number of aliphatic carboxylic acids is 1. The molecule has 3 rings (SSSR count). The van der Waals surface area contributed by atoms with Gasteiger partial charge in [-0.1, -0.05) is 19.9 Å². The Morgan fingerprint density at radius 1 is 1.23 bits per heavy atom. The molecule has 2 N–H and O–H groups in total. The van der Waals surface area contributed by atoms with E-state index in [1.165, 1.54) is 6.20 Å². The molecule has 0 aliphatic carbocycles. The summed E-state index contributed by atoms with van der Waals surface area (Å²) in [5.74, 6) is -0.408. The van der Waals surface area contributed by atoms with Gasteiger partial charge in [0.05, 0.1) is 12.2 Å². The number of amides is 1. The van der Waals surface area contributed by atoms with Crippen LogP contribution in [-0.2, 0) is 11.2 Å². The van der Waals surface area contributed by atoms with Gasteiger partial charge in [-0.25, -0.2) is 4.79 Å². The van der Waals surface area contributed by atoms with Gasteiger partial charge in [0, 0.05) is 24.4 Å². The van der Waals surface area contributed by atoms with Crippen molar-refractivity contribution in [2.24, 2.45) is 5.92 Å². The van der Waals surface area contributed by atoms with Gasteiger partial charge in [0.1, 0.15) is 11.8 Å². The van der Waals surface area contributed by atoms with Crippen molar-refractivity contribution in [1.82, 2.24) is 10.3 Å². The van der Waals surface area contributed by atoms with Crippen LogP contribution in [0.3, 0.4) is 0 Å². The number of pyridine rings is 1. The number of nitrogens with one attached hydrogen (secondary N) is 1. The van der Waals surface area contributed by atoms with Crippen molar-refractivity contribution < 1.29 is 19.4 Å². The Kier molecular flexibility index (Phi) is 5.21. The average molecular weight is 354 g/mol. The van der Waals surface area contributed by atoms with E-state index < -0.39 is 17.9 Å².